The van der Waals surface area contributed by atoms with Crippen molar-refractivity contribution in [2.24, 2.45) is 0 Å². The van der Waals surface area contributed by atoms with Crippen molar-refractivity contribution in [1.82, 2.24) is 9.88 Å². The lowest BCUT2D eigenvalue weighted by molar-refractivity contribution is -0.154. The van der Waals surface area contributed by atoms with Crippen molar-refractivity contribution in [1.29, 1.82) is 0 Å². The second kappa shape index (κ2) is 6.78. The first kappa shape index (κ1) is 15.5. The molecule has 1 aliphatic heterocycles. The Morgan fingerprint density at radius 3 is 3.04 bits per heavy atom. The number of aromatic nitrogens is 1. The topological polar surface area (TPSA) is 68.7 Å². The van der Waals surface area contributed by atoms with Crippen LogP contribution in [0.15, 0.2) is 36.0 Å². The van der Waals surface area contributed by atoms with Gasteiger partial charge in [-0.15, -0.1) is 11.3 Å². The van der Waals surface area contributed by atoms with E-state index in [1.54, 1.807) is 29.7 Å². The summed E-state index contributed by atoms with van der Waals surface area (Å²) in [5, 5.41) is 1.93. The number of nitrogens with zero attached hydrogens (tertiary/aromatic N) is 2. The van der Waals surface area contributed by atoms with Gasteiger partial charge in [0.1, 0.15) is 5.75 Å². The Labute approximate surface area is 137 Å². The molecule has 3 heterocycles. The molecule has 0 aromatic carbocycles. The Morgan fingerprint density at radius 2 is 2.30 bits per heavy atom. The van der Waals surface area contributed by atoms with Gasteiger partial charge >= 0.3 is 5.97 Å². The largest absolute Gasteiger partial charge is 0.482 e. The fourth-order valence-electron chi connectivity index (χ4n) is 2.61. The number of pyridine rings is 1. The van der Waals surface area contributed by atoms with E-state index < -0.39 is 12.0 Å². The molecule has 0 saturated heterocycles. The smallest absolute Gasteiger partial charge is 0.333 e. The number of esters is 1. The molecule has 6 nitrogen and oxygen atoms in total. The summed E-state index contributed by atoms with van der Waals surface area (Å²) in [5.74, 6) is -0.163. The number of methoxy groups -OCH3 is 1. The molecule has 0 fully saturated rings. The molecular formula is C16H16N2O4S. The maximum absolute atomic E-state index is 12.5. The number of thiophene rings is 1. The first-order valence-corrected chi connectivity index (χ1v) is 8.05. The minimum atomic E-state index is -0.694. The second-order valence-electron chi connectivity index (χ2n) is 5.04. The average Bonchev–Trinajstić information content (AvgIpc) is 3.07. The zero-order valence-corrected chi connectivity index (χ0v) is 13.4. The van der Waals surface area contributed by atoms with Gasteiger partial charge in [0.05, 0.1) is 13.3 Å². The van der Waals surface area contributed by atoms with Crippen LogP contribution in [0, 0.1) is 0 Å². The lowest BCUT2D eigenvalue weighted by atomic mass is 10.00. The number of rotatable bonds is 4. The van der Waals surface area contributed by atoms with Gasteiger partial charge in [0, 0.05) is 17.6 Å². The van der Waals surface area contributed by atoms with Gasteiger partial charge in [-0.2, -0.15) is 0 Å². The van der Waals surface area contributed by atoms with Gasteiger partial charge in [0.25, 0.3) is 5.91 Å². The van der Waals surface area contributed by atoms with Crippen LogP contribution in [0.2, 0.25) is 0 Å². The van der Waals surface area contributed by atoms with Crippen LogP contribution in [0.25, 0.3) is 0 Å². The molecule has 0 radical (unpaired) electrons. The maximum atomic E-state index is 12.5. The molecule has 1 unspecified atom stereocenters. The monoisotopic (exact) mass is 332 g/mol. The molecule has 3 rings (SSSR count). The summed E-state index contributed by atoms with van der Waals surface area (Å²) in [6.45, 7) is 0.334. The summed E-state index contributed by atoms with van der Waals surface area (Å²) in [6.07, 6.45) is 3.90. The third-order valence-electron chi connectivity index (χ3n) is 3.71. The van der Waals surface area contributed by atoms with Crippen molar-refractivity contribution < 1.29 is 19.1 Å². The minimum Gasteiger partial charge on any atom is -0.482 e. The Bertz CT molecular complexity index is 701. The molecule has 0 spiro atoms. The van der Waals surface area contributed by atoms with Gasteiger partial charge in [0.15, 0.2) is 12.6 Å². The summed E-state index contributed by atoms with van der Waals surface area (Å²) in [6, 6.07) is 4.64. The maximum Gasteiger partial charge on any atom is 0.333 e. The fraction of sp³-hybridized carbons (Fsp3) is 0.312. The van der Waals surface area contributed by atoms with Crippen molar-refractivity contribution in [2.45, 2.75) is 12.5 Å². The number of hydrogen-bond acceptors (Lipinski definition) is 6. The van der Waals surface area contributed by atoms with E-state index in [-0.39, 0.29) is 12.5 Å². The highest BCUT2D eigenvalue weighted by Gasteiger charge is 2.37. The highest BCUT2D eigenvalue weighted by Crippen LogP contribution is 2.34. The van der Waals surface area contributed by atoms with Crippen molar-refractivity contribution in [3.8, 4) is 5.75 Å². The molecule has 7 heteroatoms. The summed E-state index contributed by atoms with van der Waals surface area (Å²) >= 11 is 1.60. The van der Waals surface area contributed by atoms with Crippen molar-refractivity contribution in [2.75, 3.05) is 20.3 Å². The Morgan fingerprint density at radius 1 is 1.43 bits per heavy atom. The molecule has 0 N–H and O–H groups in total. The van der Waals surface area contributed by atoms with E-state index in [1.165, 1.54) is 18.2 Å². The molecule has 1 aliphatic rings. The summed E-state index contributed by atoms with van der Waals surface area (Å²) in [4.78, 5) is 31.2. The van der Waals surface area contributed by atoms with Crippen LogP contribution < -0.4 is 4.74 Å². The standard InChI is InChI=1S/C16H16N2O4S/c1-21-16(20)15-12-5-8-23-13(12)4-7-18(15)14(19)10-22-11-3-2-6-17-9-11/h2-3,5-6,8-9,15H,4,7,10H2,1H3. The lowest BCUT2D eigenvalue weighted by Gasteiger charge is -2.33. The summed E-state index contributed by atoms with van der Waals surface area (Å²) in [5.41, 5.74) is 0.850. The van der Waals surface area contributed by atoms with E-state index in [4.69, 9.17) is 9.47 Å². The summed E-state index contributed by atoms with van der Waals surface area (Å²) < 4.78 is 10.3. The number of amides is 1. The van der Waals surface area contributed by atoms with Crippen LogP contribution in [0.1, 0.15) is 16.5 Å². The van der Waals surface area contributed by atoms with Crippen molar-refractivity contribution >= 4 is 23.2 Å². The van der Waals surface area contributed by atoms with Crippen LogP contribution in [-0.4, -0.2) is 42.0 Å². The second-order valence-corrected chi connectivity index (χ2v) is 6.04. The van der Waals surface area contributed by atoms with Gasteiger partial charge < -0.3 is 14.4 Å². The molecule has 23 heavy (non-hydrogen) atoms. The minimum absolute atomic E-state index is 0.140. The van der Waals surface area contributed by atoms with Crippen LogP contribution in [0.3, 0.4) is 0 Å². The first-order valence-electron chi connectivity index (χ1n) is 7.17. The Kier molecular flexibility index (Phi) is 4.57. The number of hydrogen-bond donors (Lipinski definition) is 0. The van der Waals surface area contributed by atoms with E-state index >= 15 is 0 Å². The van der Waals surface area contributed by atoms with Crippen LogP contribution in [0.5, 0.6) is 5.75 Å². The van der Waals surface area contributed by atoms with Crippen molar-refractivity contribution in [3.63, 3.8) is 0 Å². The molecule has 1 atom stereocenters. The molecule has 120 valence electrons. The number of carbonyl (C=O) groups is 2. The van der Waals surface area contributed by atoms with Crippen LogP contribution in [-0.2, 0) is 20.7 Å². The third kappa shape index (κ3) is 3.19. The molecule has 2 aromatic rings. The van der Waals surface area contributed by atoms with Crippen LogP contribution >= 0.6 is 11.3 Å². The van der Waals surface area contributed by atoms with E-state index in [0.29, 0.717) is 12.3 Å². The predicted molar refractivity (Wildman–Crippen MR) is 84.2 cm³/mol. The Hall–Kier alpha value is -2.41. The first-order chi connectivity index (χ1) is 11.2. The van der Waals surface area contributed by atoms with E-state index in [9.17, 15) is 9.59 Å². The van der Waals surface area contributed by atoms with Gasteiger partial charge in [-0.3, -0.25) is 9.78 Å². The quantitative estimate of drug-likeness (QED) is 0.799. The normalized spacial score (nSPS) is 16.6. The zero-order chi connectivity index (χ0) is 16.2. The SMILES string of the molecule is COC(=O)C1c2ccsc2CCN1C(=O)COc1cccnc1. The molecule has 0 saturated carbocycles. The zero-order valence-electron chi connectivity index (χ0n) is 12.6. The fourth-order valence-corrected chi connectivity index (χ4v) is 3.52. The average molecular weight is 332 g/mol. The van der Waals surface area contributed by atoms with E-state index in [1.807, 2.05) is 11.4 Å². The van der Waals surface area contributed by atoms with E-state index in [2.05, 4.69) is 4.98 Å². The number of fused-ring (bicyclic) bond motifs is 1. The summed E-state index contributed by atoms with van der Waals surface area (Å²) in [7, 11) is 1.33. The number of carbonyl (C=O) groups excluding carboxylic acids is 2. The highest BCUT2D eigenvalue weighted by molar-refractivity contribution is 7.10. The number of ether oxygens (including phenoxy) is 2. The van der Waals surface area contributed by atoms with Gasteiger partial charge in [-0.1, -0.05) is 0 Å². The Balaban J connectivity index is 1.75. The van der Waals surface area contributed by atoms with E-state index in [0.717, 1.165) is 16.9 Å². The molecule has 0 bridgehead atoms. The van der Waals surface area contributed by atoms with Gasteiger partial charge in [-0.05, 0) is 35.6 Å². The van der Waals surface area contributed by atoms with Crippen LogP contribution in [0.4, 0.5) is 0 Å². The van der Waals surface area contributed by atoms with Crippen molar-refractivity contribution in [3.05, 3.63) is 46.4 Å². The molecule has 0 aliphatic carbocycles. The van der Waals surface area contributed by atoms with Gasteiger partial charge in [0.2, 0.25) is 0 Å². The third-order valence-corrected chi connectivity index (χ3v) is 4.70. The lowest BCUT2D eigenvalue weighted by Crippen LogP contribution is -2.45. The van der Waals surface area contributed by atoms with Gasteiger partial charge in [-0.25, -0.2) is 4.79 Å². The highest BCUT2D eigenvalue weighted by atomic mass is 32.1. The molecular weight excluding hydrogens is 316 g/mol. The molecule has 2 aromatic heterocycles. The molecule has 1 amide bonds. The predicted octanol–water partition coefficient (Wildman–Crippen LogP) is 1.82.